The van der Waals surface area contributed by atoms with E-state index in [2.05, 4.69) is 24.8 Å². The molecule has 3 aromatic rings. The molecular formula is C19H19N5O. The SMILES string of the molecule is Cc1nc(-c2ccccc2)ncc1C(=O)Nc1cnc2n1CCCC2. The zero-order valence-electron chi connectivity index (χ0n) is 14.1. The molecule has 0 atom stereocenters. The number of carbonyl (C=O) groups excluding carboxylic acids is 1. The summed E-state index contributed by atoms with van der Waals surface area (Å²) < 4.78 is 2.08. The van der Waals surface area contributed by atoms with Crippen LogP contribution < -0.4 is 5.32 Å². The maximum atomic E-state index is 12.6. The fourth-order valence-electron chi connectivity index (χ4n) is 3.12. The first-order chi connectivity index (χ1) is 12.2. The van der Waals surface area contributed by atoms with Gasteiger partial charge < -0.3 is 9.88 Å². The molecule has 0 radical (unpaired) electrons. The van der Waals surface area contributed by atoms with E-state index in [1.165, 1.54) is 0 Å². The maximum absolute atomic E-state index is 12.6. The lowest BCUT2D eigenvalue weighted by molar-refractivity contribution is 0.102. The van der Waals surface area contributed by atoms with Crippen LogP contribution in [0.5, 0.6) is 0 Å². The van der Waals surface area contributed by atoms with Gasteiger partial charge in [0.1, 0.15) is 11.6 Å². The number of amides is 1. The summed E-state index contributed by atoms with van der Waals surface area (Å²) in [4.78, 5) is 25.9. The highest BCUT2D eigenvalue weighted by Gasteiger charge is 2.18. The number of carbonyl (C=O) groups is 1. The average molecular weight is 333 g/mol. The highest BCUT2D eigenvalue weighted by Crippen LogP contribution is 2.21. The maximum Gasteiger partial charge on any atom is 0.260 e. The van der Waals surface area contributed by atoms with E-state index in [1.807, 2.05) is 37.3 Å². The van der Waals surface area contributed by atoms with E-state index in [-0.39, 0.29) is 5.91 Å². The van der Waals surface area contributed by atoms with Crippen LogP contribution in [0.25, 0.3) is 11.4 Å². The number of aryl methyl sites for hydroxylation is 2. The van der Waals surface area contributed by atoms with Crippen molar-refractivity contribution >= 4 is 11.7 Å². The van der Waals surface area contributed by atoms with Crippen molar-refractivity contribution in [3.63, 3.8) is 0 Å². The summed E-state index contributed by atoms with van der Waals surface area (Å²) >= 11 is 0. The van der Waals surface area contributed by atoms with E-state index in [9.17, 15) is 4.79 Å². The van der Waals surface area contributed by atoms with Gasteiger partial charge in [-0.05, 0) is 19.8 Å². The highest BCUT2D eigenvalue weighted by atomic mass is 16.1. The van der Waals surface area contributed by atoms with E-state index in [0.717, 1.165) is 43.0 Å². The molecule has 2 aromatic heterocycles. The van der Waals surface area contributed by atoms with Gasteiger partial charge in [-0.25, -0.2) is 15.0 Å². The van der Waals surface area contributed by atoms with Crippen LogP contribution in [-0.2, 0) is 13.0 Å². The molecule has 0 spiro atoms. The van der Waals surface area contributed by atoms with E-state index >= 15 is 0 Å². The summed E-state index contributed by atoms with van der Waals surface area (Å²) in [5.74, 6) is 2.20. The number of fused-ring (bicyclic) bond motifs is 1. The molecule has 1 aliphatic heterocycles. The van der Waals surface area contributed by atoms with Crippen molar-refractivity contribution < 1.29 is 4.79 Å². The fourth-order valence-corrected chi connectivity index (χ4v) is 3.12. The monoisotopic (exact) mass is 333 g/mol. The van der Waals surface area contributed by atoms with E-state index < -0.39 is 0 Å². The van der Waals surface area contributed by atoms with Gasteiger partial charge in [-0.1, -0.05) is 30.3 Å². The molecule has 25 heavy (non-hydrogen) atoms. The second-order valence-electron chi connectivity index (χ2n) is 6.18. The molecule has 3 heterocycles. The number of hydrogen-bond acceptors (Lipinski definition) is 4. The van der Waals surface area contributed by atoms with Gasteiger partial charge in [0.25, 0.3) is 5.91 Å². The fraction of sp³-hybridized carbons (Fsp3) is 0.263. The first-order valence-corrected chi connectivity index (χ1v) is 8.47. The molecule has 0 bridgehead atoms. The molecule has 0 aliphatic carbocycles. The molecule has 0 fully saturated rings. The molecule has 1 N–H and O–H groups in total. The Kier molecular flexibility index (Phi) is 4.01. The van der Waals surface area contributed by atoms with Crippen molar-refractivity contribution in [3.05, 3.63) is 59.8 Å². The molecule has 0 saturated carbocycles. The summed E-state index contributed by atoms with van der Waals surface area (Å²) in [6, 6.07) is 9.74. The van der Waals surface area contributed by atoms with Crippen LogP contribution in [0.15, 0.2) is 42.7 Å². The molecule has 0 unspecified atom stereocenters. The summed E-state index contributed by atoms with van der Waals surface area (Å²) in [6.07, 6.45) is 6.54. The second kappa shape index (κ2) is 6.47. The van der Waals surface area contributed by atoms with Gasteiger partial charge in [0.2, 0.25) is 0 Å². The Morgan fingerprint density at radius 3 is 2.76 bits per heavy atom. The van der Waals surface area contributed by atoms with Crippen molar-refractivity contribution in [3.8, 4) is 11.4 Å². The molecule has 1 aromatic carbocycles. The molecule has 1 aliphatic rings. The topological polar surface area (TPSA) is 72.7 Å². The van der Waals surface area contributed by atoms with Crippen LogP contribution in [0, 0.1) is 6.92 Å². The summed E-state index contributed by atoms with van der Waals surface area (Å²) in [5.41, 5.74) is 2.07. The van der Waals surface area contributed by atoms with E-state index in [1.54, 1.807) is 12.4 Å². The Hall–Kier alpha value is -3.02. The minimum absolute atomic E-state index is 0.203. The average Bonchev–Trinajstić information content (AvgIpc) is 3.05. The van der Waals surface area contributed by atoms with Crippen LogP contribution in [0.1, 0.15) is 34.7 Å². The Balaban J connectivity index is 1.57. The van der Waals surface area contributed by atoms with Crippen LogP contribution >= 0.6 is 0 Å². The number of nitrogens with one attached hydrogen (secondary N) is 1. The Labute approximate surface area is 146 Å². The standard InChI is InChI=1S/C19H19N5O/c1-13-15(11-21-18(22-13)14-7-3-2-4-8-14)19(25)23-17-12-20-16-9-5-6-10-24(16)17/h2-4,7-8,11-12H,5-6,9-10H2,1H3,(H,23,25). The molecule has 4 rings (SSSR count). The van der Waals surface area contributed by atoms with Crippen LogP contribution in [0.2, 0.25) is 0 Å². The highest BCUT2D eigenvalue weighted by molar-refractivity contribution is 6.04. The zero-order valence-corrected chi connectivity index (χ0v) is 14.1. The number of anilines is 1. The van der Waals surface area contributed by atoms with Gasteiger partial charge in [-0.15, -0.1) is 0 Å². The molecule has 6 heteroatoms. The number of nitrogens with zero attached hydrogens (tertiary/aromatic N) is 4. The predicted molar refractivity (Wildman–Crippen MR) is 95.3 cm³/mol. The molecule has 126 valence electrons. The van der Waals surface area contributed by atoms with Gasteiger partial charge in [0.15, 0.2) is 5.82 Å². The lowest BCUT2D eigenvalue weighted by Gasteiger charge is -2.16. The first kappa shape index (κ1) is 15.5. The first-order valence-electron chi connectivity index (χ1n) is 8.47. The van der Waals surface area contributed by atoms with Crippen LogP contribution in [-0.4, -0.2) is 25.4 Å². The molecule has 1 amide bonds. The third-order valence-corrected chi connectivity index (χ3v) is 4.47. The minimum Gasteiger partial charge on any atom is -0.315 e. The molecule has 0 saturated heterocycles. The predicted octanol–water partition coefficient (Wildman–Crippen LogP) is 3.24. The van der Waals surface area contributed by atoms with Gasteiger partial charge in [-0.3, -0.25) is 4.79 Å². The molecule has 6 nitrogen and oxygen atoms in total. The number of rotatable bonds is 3. The number of imidazole rings is 1. The quantitative estimate of drug-likeness (QED) is 0.798. The van der Waals surface area contributed by atoms with Crippen LogP contribution in [0.3, 0.4) is 0 Å². The van der Waals surface area contributed by atoms with Crippen molar-refractivity contribution in [2.24, 2.45) is 0 Å². The normalized spacial score (nSPS) is 13.3. The Bertz CT molecular complexity index is 917. The third-order valence-electron chi connectivity index (χ3n) is 4.47. The zero-order chi connectivity index (χ0) is 17.2. The summed E-state index contributed by atoms with van der Waals surface area (Å²) in [6.45, 7) is 2.72. The number of hydrogen-bond donors (Lipinski definition) is 1. The van der Waals surface area contributed by atoms with Crippen molar-refractivity contribution in [1.82, 2.24) is 19.5 Å². The number of aromatic nitrogens is 4. The van der Waals surface area contributed by atoms with Gasteiger partial charge >= 0.3 is 0 Å². The van der Waals surface area contributed by atoms with Crippen molar-refractivity contribution in [1.29, 1.82) is 0 Å². The largest absolute Gasteiger partial charge is 0.315 e. The lowest BCUT2D eigenvalue weighted by Crippen LogP contribution is -2.19. The Morgan fingerprint density at radius 1 is 1.12 bits per heavy atom. The van der Waals surface area contributed by atoms with E-state index in [4.69, 9.17) is 0 Å². The van der Waals surface area contributed by atoms with Gasteiger partial charge in [0.05, 0.1) is 17.5 Å². The summed E-state index contributed by atoms with van der Waals surface area (Å²) in [5, 5.41) is 2.95. The minimum atomic E-state index is -0.203. The van der Waals surface area contributed by atoms with Crippen LogP contribution in [0.4, 0.5) is 5.82 Å². The van der Waals surface area contributed by atoms with Gasteiger partial charge in [0, 0.05) is 24.7 Å². The number of benzene rings is 1. The second-order valence-corrected chi connectivity index (χ2v) is 6.18. The van der Waals surface area contributed by atoms with Gasteiger partial charge in [-0.2, -0.15) is 0 Å². The van der Waals surface area contributed by atoms with Crippen molar-refractivity contribution in [2.45, 2.75) is 32.7 Å². The lowest BCUT2D eigenvalue weighted by atomic mass is 10.1. The van der Waals surface area contributed by atoms with Crippen molar-refractivity contribution in [2.75, 3.05) is 5.32 Å². The third kappa shape index (κ3) is 3.03. The smallest absolute Gasteiger partial charge is 0.260 e. The summed E-state index contributed by atoms with van der Waals surface area (Å²) in [7, 11) is 0. The van der Waals surface area contributed by atoms with E-state index in [0.29, 0.717) is 17.1 Å². The Morgan fingerprint density at radius 2 is 1.96 bits per heavy atom. The molecular weight excluding hydrogens is 314 g/mol.